The molecule has 6 aromatic rings. The summed E-state index contributed by atoms with van der Waals surface area (Å²) in [5.41, 5.74) is 14.8. The van der Waals surface area contributed by atoms with Crippen LogP contribution in [0.3, 0.4) is 0 Å². The number of aromatic nitrogens is 4. The van der Waals surface area contributed by atoms with E-state index in [2.05, 4.69) is 109 Å². The van der Waals surface area contributed by atoms with E-state index in [0.29, 0.717) is 124 Å². The molecule has 10 N–H and O–H groups in total. The highest BCUT2D eigenvalue weighted by Gasteiger charge is 2.47. The maximum Gasteiger partial charge on any atom is 0.303 e. The standard InChI is InChI=1S/C41H48N8O7.C23H32N6O2.C18H18N2O6/c50-31(24-47-16-14-27-6-1-2-8-29(27)23-47)20-43-38(53)33-19-30(44-25-45-33)18-26-21-48(22-26)17-15-42-35(51)11-4-3-7-28-9-5-10-32-37(28)41(56)49(40(32)55)34-12-13-36(52)46-39(34)54;24-8-10-29-13-19(14-29)27-23-11-21(25-16-26-23)22(31)6-5-20(30)15-28-9-7-17-3-1-2-4-18(17)12-28;21-13-9-8-12(16(24)19-13)20-17(25)11-6-3-5-10(15(11)18(20)26)4-1-2-7-14(22)23/h1-2,5-6,8-10,19,25-26,31,34,50H,3-4,7,11-18,20-24H2,(H,42,51)(H,43,53)(H,46,52,54);1-4,11,16,19-20,30H,5-10,12-15,24H2,(H,25,26,27);3,5-6,12H,1-2,4,7-9H2,(H,22,23)(H,19,21,24)/t31-,34?;20-;/m00./s1. The number of amides is 10. The number of nitrogens with one attached hydrogen (secondary N) is 5. The van der Waals surface area contributed by atoms with Crippen LogP contribution in [0.4, 0.5) is 5.82 Å². The number of hydrogen-bond acceptors (Lipinski definition) is 24. The van der Waals surface area contributed by atoms with Crippen LogP contribution in [0, 0.1) is 5.92 Å². The Morgan fingerprint density at radius 3 is 1.65 bits per heavy atom. The molecule has 2 unspecified atom stereocenters. The molecule has 0 spiro atoms. The number of carboxylic acid groups (broad SMARTS) is 1. The number of rotatable bonds is 32. The molecule has 0 bridgehead atoms. The second-order valence-electron chi connectivity index (χ2n) is 30.1. The minimum Gasteiger partial charge on any atom is -0.481 e. The van der Waals surface area contributed by atoms with E-state index in [1.54, 1.807) is 48.5 Å². The fraction of sp³-hybridized carbons (Fsp3) is 0.463. The predicted molar refractivity (Wildman–Crippen MR) is 411 cm³/mol. The molecule has 4 atom stereocenters. The minimum atomic E-state index is -1.01. The summed E-state index contributed by atoms with van der Waals surface area (Å²) in [5, 5.41) is 43.3. The van der Waals surface area contributed by atoms with Crippen molar-refractivity contribution in [1.29, 1.82) is 0 Å². The normalized spacial score (nSPS) is 19.0. The van der Waals surface area contributed by atoms with Crippen LogP contribution in [-0.2, 0) is 74.0 Å². The van der Waals surface area contributed by atoms with Gasteiger partial charge in [0.1, 0.15) is 41.9 Å². The first-order valence-electron chi connectivity index (χ1n) is 39.1. The van der Waals surface area contributed by atoms with Gasteiger partial charge in [-0.2, -0.15) is 0 Å². The van der Waals surface area contributed by atoms with Crippen LogP contribution in [-0.4, -0.2) is 251 Å². The van der Waals surface area contributed by atoms with Gasteiger partial charge < -0.3 is 41.9 Å². The molecule has 113 heavy (non-hydrogen) atoms. The summed E-state index contributed by atoms with van der Waals surface area (Å²) in [7, 11) is 0. The largest absolute Gasteiger partial charge is 0.481 e. The van der Waals surface area contributed by atoms with Gasteiger partial charge in [0.2, 0.25) is 29.5 Å². The number of carbonyl (C=O) groups is 12. The van der Waals surface area contributed by atoms with E-state index in [-0.39, 0.29) is 85.1 Å². The number of carbonyl (C=O) groups excluding carboxylic acids is 11. The lowest BCUT2D eigenvalue weighted by molar-refractivity contribution is -0.138. The number of imide groups is 4. The maximum absolute atomic E-state index is 13.3. The van der Waals surface area contributed by atoms with Gasteiger partial charge in [-0.1, -0.05) is 72.8 Å². The number of benzene rings is 4. The van der Waals surface area contributed by atoms with Gasteiger partial charge in [-0.25, -0.2) is 19.9 Å². The van der Waals surface area contributed by atoms with Gasteiger partial charge >= 0.3 is 5.97 Å². The summed E-state index contributed by atoms with van der Waals surface area (Å²) in [6, 6.07) is 28.6. The zero-order chi connectivity index (χ0) is 79.7. The van der Waals surface area contributed by atoms with Gasteiger partial charge in [-0.15, -0.1) is 0 Å². The van der Waals surface area contributed by atoms with E-state index in [9.17, 15) is 67.7 Å². The molecule has 4 fully saturated rings. The molecule has 8 aliphatic heterocycles. The smallest absolute Gasteiger partial charge is 0.303 e. The highest BCUT2D eigenvalue weighted by atomic mass is 16.4. The molecule has 0 saturated carbocycles. The van der Waals surface area contributed by atoms with Crippen molar-refractivity contribution in [3.63, 3.8) is 0 Å². The van der Waals surface area contributed by atoms with E-state index in [1.807, 2.05) is 6.07 Å². The number of aryl methyl sites for hydroxylation is 2. The number of aliphatic hydroxyl groups is 2. The third-order valence-corrected chi connectivity index (χ3v) is 21.8. The van der Waals surface area contributed by atoms with Gasteiger partial charge in [-0.05, 0) is 135 Å². The van der Waals surface area contributed by atoms with Crippen molar-refractivity contribution in [1.82, 2.24) is 70.6 Å². The third-order valence-electron chi connectivity index (χ3n) is 21.8. The molecule has 10 heterocycles. The molecule has 31 heteroatoms. The van der Waals surface area contributed by atoms with Crippen molar-refractivity contribution in [3.05, 3.63) is 182 Å². The van der Waals surface area contributed by atoms with E-state index in [1.165, 1.54) is 34.9 Å². The number of fused-ring (bicyclic) bond motifs is 4. The Bertz CT molecular complexity index is 4550. The summed E-state index contributed by atoms with van der Waals surface area (Å²) in [6.45, 7) is 11.0. The molecule has 2 aromatic heterocycles. The van der Waals surface area contributed by atoms with Gasteiger partial charge in [0.05, 0.1) is 40.5 Å². The summed E-state index contributed by atoms with van der Waals surface area (Å²) < 4.78 is 0. The lowest BCUT2D eigenvalue weighted by atomic mass is 9.94. The number of hydrogen-bond donors (Lipinski definition) is 9. The van der Waals surface area contributed by atoms with Crippen molar-refractivity contribution in [3.8, 4) is 0 Å². The molecule has 14 rings (SSSR count). The number of piperidine rings is 2. The average Bonchev–Trinajstić information content (AvgIpc) is 1.61. The Kier molecular flexibility index (Phi) is 27.9. The number of ketones is 1. The minimum absolute atomic E-state index is 0.0459. The number of nitrogens with zero attached hydrogens (tertiary/aromatic N) is 10. The first kappa shape index (κ1) is 81.7. The monoisotopic (exact) mass is 1550 g/mol. The van der Waals surface area contributed by atoms with Crippen LogP contribution in [0.15, 0.2) is 110 Å². The van der Waals surface area contributed by atoms with Gasteiger partial charge in [0, 0.05) is 142 Å². The number of nitrogens with two attached hydrogens (primary N) is 1. The lowest BCUT2D eigenvalue weighted by Crippen LogP contribution is -2.55. The third kappa shape index (κ3) is 21.3. The Hall–Kier alpha value is -10.8. The second-order valence-corrected chi connectivity index (χ2v) is 30.1. The number of anilines is 1. The van der Waals surface area contributed by atoms with E-state index in [4.69, 9.17) is 10.8 Å². The Morgan fingerprint density at radius 1 is 0.549 bits per heavy atom. The molecule has 10 amide bonds. The molecule has 4 saturated heterocycles. The Balaban J connectivity index is 0.000000174. The van der Waals surface area contributed by atoms with Crippen LogP contribution in [0.1, 0.15) is 179 Å². The van der Waals surface area contributed by atoms with Gasteiger partial charge in [-0.3, -0.25) is 92.7 Å². The molecule has 596 valence electrons. The quantitative estimate of drug-likeness (QED) is 0.0166. The lowest BCUT2D eigenvalue weighted by Gasteiger charge is -2.39. The highest BCUT2D eigenvalue weighted by Crippen LogP contribution is 2.34. The topological polar surface area (TPSA) is 423 Å². The van der Waals surface area contributed by atoms with Crippen LogP contribution in [0.5, 0.6) is 0 Å². The predicted octanol–water partition coefficient (Wildman–Crippen LogP) is 2.83. The van der Waals surface area contributed by atoms with Crippen molar-refractivity contribution in [2.75, 3.05) is 90.4 Å². The fourth-order valence-corrected chi connectivity index (χ4v) is 15.9. The maximum atomic E-state index is 13.3. The number of Topliss-reactive ketones (excluding diaryl/α,β-unsaturated/α-hetero) is 1. The number of β-amino-alcohol motifs (C(OH)–C–C–N with tert-alkyl or cyclic N) is 2. The van der Waals surface area contributed by atoms with Crippen LogP contribution in [0.25, 0.3) is 0 Å². The average molecular weight is 1550 g/mol. The molecule has 0 radical (unpaired) electrons. The van der Waals surface area contributed by atoms with Crippen LogP contribution in [0.2, 0.25) is 0 Å². The molecule has 0 aliphatic carbocycles. The summed E-state index contributed by atoms with van der Waals surface area (Å²) in [4.78, 5) is 176. The second kappa shape index (κ2) is 38.6. The van der Waals surface area contributed by atoms with Crippen molar-refractivity contribution in [2.24, 2.45) is 11.7 Å². The fourth-order valence-electron chi connectivity index (χ4n) is 15.9. The van der Waals surface area contributed by atoms with Crippen LogP contribution < -0.4 is 32.3 Å². The molecule has 4 aromatic carbocycles. The number of aliphatic hydroxyl groups excluding tert-OH is 2. The summed E-state index contributed by atoms with van der Waals surface area (Å²) in [5.74, 6) is -4.50. The first-order valence-corrected chi connectivity index (χ1v) is 39.1. The zero-order valence-corrected chi connectivity index (χ0v) is 63.3. The number of aliphatic carboxylic acids is 1. The Labute approximate surface area is 654 Å². The highest BCUT2D eigenvalue weighted by molar-refractivity contribution is 6.25. The molecule has 31 nitrogen and oxygen atoms in total. The zero-order valence-electron chi connectivity index (χ0n) is 63.3. The number of likely N-dealkylation sites (tertiary alicyclic amines) is 2. The van der Waals surface area contributed by atoms with E-state index >= 15 is 0 Å². The molecular formula is C82H98N16O15. The van der Waals surface area contributed by atoms with E-state index in [0.717, 1.165) is 93.8 Å². The van der Waals surface area contributed by atoms with E-state index < -0.39 is 77.5 Å². The van der Waals surface area contributed by atoms with Gasteiger partial charge in [0.15, 0.2) is 5.78 Å². The first-order chi connectivity index (χ1) is 54.6. The van der Waals surface area contributed by atoms with Gasteiger partial charge in [0.25, 0.3) is 29.5 Å². The van der Waals surface area contributed by atoms with Crippen molar-refractivity contribution >= 4 is 76.6 Å². The Morgan fingerprint density at radius 2 is 1.09 bits per heavy atom. The van der Waals surface area contributed by atoms with Crippen molar-refractivity contribution in [2.45, 2.75) is 153 Å². The SMILES string of the molecule is NCCN1CC(Nc2cc(C(=O)CC[C@H](O)CN3CCc4ccccc4C3)ncn2)C1.O=C(CCCCc1cccc2c1C(=O)N(C1CCC(=O)NC1=O)C2=O)NCCN1CC(Cc2cc(C(=O)NC[C@H](O)CN3CCc4ccccc4C3)ncn2)C1.O=C(O)CCCCc1cccc2c1C(=O)N(C1CCC(=O)NC1=O)C2=O. The summed E-state index contributed by atoms with van der Waals surface area (Å²) >= 11 is 0. The number of carboxylic acids is 1. The molecular weight excluding hydrogens is 1450 g/mol. The van der Waals surface area contributed by atoms with Crippen molar-refractivity contribution < 1.29 is 72.9 Å². The van der Waals surface area contributed by atoms with Crippen LogP contribution >= 0.6 is 0 Å². The molecule has 8 aliphatic rings. The summed E-state index contributed by atoms with van der Waals surface area (Å²) in [6.07, 6.45) is 8.98. The number of unbranched alkanes of at least 4 members (excludes halogenated alkanes) is 2.